The van der Waals surface area contributed by atoms with Gasteiger partial charge in [0.2, 0.25) is 0 Å². The number of hydrogen-bond donors (Lipinski definition) is 1. The average molecular weight is 341 g/mol. The zero-order chi connectivity index (χ0) is 16.1. The van der Waals surface area contributed by atoms with Crippen molar-refractivity contribution >= 4 is 17.2 Å². The Morgan fingerprint density at radius 1 is 1.33 bits per heavy atom. The van der Waals surface area contributed by atoms with Crippen LogP contribution in [-0.2, 0) is 12.8 Å². The summed E-state index contributed by atoms with van der Waals surface area (Å²) in [6.07, 6.45) is 11.9. The number of hydrogen-bond acceptors (Lipinski definition) is 5. The van der Waals surface area contributed by atoms with Gasteiger partial charge in [0.1, 0.15) is 11.3 Å². The van der Waals surface area contributed by atoms with E-state index >= 15 is 0 Å². The minimum Gasteiger partial charge on any atom is -0.352 e. The van der Waals surface area contributed by atoms with Crippen molar-refractivity contribution in [3.8, 4) is 5.00 Å². The molecular weight excluding hydrogens is 322 g/mol. The summed E-state index contributed by atoms with van der Waals surface area (Å²) >= 11 is 1.65. The van der Waals surface area contributed by atoms with E-state index < -0.39 is 0 Å². The van der Waals surface area contributed by atoms with E-state index in [0.717, 1.165) is 42.3 Å². The van der Waals surface area contributed by atoms with Crippen LogP contribution in [-0.4, -0.2) is 32.7 Å². The fourth-order valence-electron chi connectivity index (χ4n) is 4.48. The average Bonchev–Trinajstić information content (AvgIpc) is 3.38. The zero-order valence-electron chi connectivity index (χ0n) is 13.3. The fraction of sp³-hybridized carbons (Fsp3) is 0.529. The molecule has 0 aromatic carbocycles. The Bertz CT molecular complexity index is 809. The van der Waals surface area contributed by atoms with Crippen molar-refractivity contribution in [2.45, 2.75) is 32.1 Å². The van der Waals surface area contributed by atoms with Crippen molar-refractivity contribution in [3.05, 3.63) is 34.5 Å². The Morgan fingerprint density at radius 2 is 2.29 bits per heavy atom. The first-order valence-electron chi connectivity index (χ1n) is 8.64. The molecule has 3 aliphatic rings. The highest BCUT2D eigenvalue weighted by Crippen LogP contribution is 2.43. The second kappa shape index (κ2) is 5.51. The van der Waals surface area contributed by atoms with Crippen LogP contribution in [0.15, 0.2) is 18.5 Å². The molecule has 0 saturated heterocycles. The van der Waals surface area contributed by atoms with Crippen LogP contribution in [0.3, 0.4) is 0 Å². The molecule has 24 heavy (non-hydrogen) atoms. The largest absolute Gasteiger partial charge is 0.352 e. The SMILES string of the molecule is O=C(NC[C@@H]1C[C@@H]2C=C[C@@H]1C2)c1c(-n2cnnn2)sc2c1CCC2. The number of aryl methyl sites for hydroxylation is 1. The second-order valence-electron chi connectivity index (χ2n) is 7.04. The van der Waals surface area contributed by atoms with Crippen molar-refractivity contribution in [2.24, 2.45) is 17.8 Å². The Kier molecular flexibility index (Phi) is 3.29. The van der Waals surface area contributed by atoms with Gasteiger partial charge in [-0.1, -0.05) is 12.2 Å². The minimum absolute atomic E-state index is 0.0339. The van der Waals surface area contributed by atoms with E-state index in [2.05, 4.69) is 33.0 Å². The molecule has 3 aliphatic carbocycles. The van der Waals surface area contributed by atoms with Crippen LogP contribution in [0.4, 0.5) is 0 Å². The van der Waals surface area contributed by atoms with Gasteiger partial charge in [0.25, 0.3) is 5.91 Å². The molecule has 0 unspecified atom stereocenters. The number of thiophene rings is 1. The zero-order valence-corrected chi connectivity index (χ0v) is 14.1. The number of fused-ring (bicyclic) bond motifs is 3. The molecule has 2 aromatic heterocycles. The highest BCUT2D eigenvalue weighted by atomic mass is 32.1. The van der Waals surface area contributed by atoms with Crippen LogP contribution in [0.1, 0.15) is 40.1 Å². The maximum absolute atomic E-state index is 12.9. The number of allylic oxidation sites excluding steroid dienone is 2. The lowest BCUT2D eigenvalue weighted by atomic mass is 9.93. The van der Waals surface area contributed by atoms with Gasteiger partial charge in [-0.05, 0) is 65.8 Å². The number of aromatic nitrogens is 4. The smallest absolute Gasteiger partial charge is 0.254 e. The molecule has 1 amide bonds. The monoisotopic (exact) mass is 341 g/mol. The molecule has 5 rings (SSSR count). The van der Waals surface area contributed by atoms with Gasteiger partial charge in [-0.25, -0.2) is 0 Å². The molecule has 124 valence electrons. The molecule has 1 saturated carbocycles. The third-order valence-corrected chi connectivity index (χ3v) is 6.91. The summed E-state index contributed by atoms with van der Waals surface area (Å²) in [5.74, 6) is 2.01. The summed E-state index contributed by atoms with van der Waals surface area (Å²) in [5, 5.41) is 15.5. The van der Waals surface area contributed by atoms with Crippen LogP contribution in [0.2, 0.25) is 0 Å². The first-order chi connectivity index (χ1) is 11.8. The van der Waals surface area contributed by atoms with E-state index in [1.807, 2.05) is 0 Å². The van der Waals surface area contributed by atoms with Gasteiger partial charge in [0.15, 0.2) is 0 Å². The predicted octanol–water partition coefficient (Wildman–Crippen LogP) is 2.15. The van der Waals surface area contributed by atoms with Gasteiger partial charge in [-0.3, -0.25) is 4.79 Å². The number of tetrazole rings is 1. The topological polar surface area (TPSA) is 72.7 Å². The minimum atomic E-state index is 0.0339. The summed E-state index contributed by atoms with van der Waals surface area (Å²) < 4.78 is 1.62. The molecule has 3 atom stereocenters. The normalized spacial score (nSPS) is 26.9. The van der Waals surface area contributed by atoms with E-state index in [1.165, 1.54) is 23.3 Å². The molecular formula is C17H19N5OS. The van der Waals surface area contributed by atoms with Crippen molar-refractivity contribution in [1.29, 1.82) is 0 Å². The van der Waals surface area contributed by atoms with E-state index in [0.29, 0.717) is 11.8 Å². The molecule has 0 aliphatic heterocycles. The third kappa shape index (κ3) is 2.22. The highest BCUT2D eigenvalue weighted by molar-refractivity contribution is 7.15. The number of carbonyl (C=O) groups is 1. The number of amides is 1. The number of nitrogens with zero attached hydrogens (tertiary/aromatic N) is 4. The van der Waals surface area contributed by atoms with E-state index in [9.17, 15) is 4.79 Å². The molecule has 7 heteroatoms. The summed E-state index contributed by atoms with van der Waals surface area (Å²) in [6, 6.07) is 0. The van der Waals surface area contributed by atoms with E-state index in [-0.39, 0.29) is 5.91 Å². The van der Waals surface area contributed by atoms with Gasteiger partial charge in [0.05, 0.1) is 5.56 Å². The first kappa shape index (κ1) is 14.3. The van der Waals surface area contributed by atoms with Gasteiger partial charge in [0, 0.05) is 11.4 Å². The van der Waals surface area contributed by atoms with Gasteiger partial charge >= 0.3 is 0 Å². The van der Waals surface area contributed by atoms with Crippen LogP contribution < -0.4 is 5.32 Å². The predicted molar refractivity (Wildman–Crippen MR) is 90.2 cm³/mol. The van der Waals surface area contributed by atoms with Gasteiger partial charge in [-0.2, -0.15) is 4.68 Å². The molecule has 2 bridgehead atoms. The lowest BCUT2D eigenvalue weighted by Crippen LogP contribution is -2.31. The fourth-order valence-corrected chi connectivity index (χ4v) is 5.78. The summed E-state index contributed by atoms with van der Waals surface area (Å²) in [7, 11) is 0. The first-order valence-corrected chi connectivity index (χ1v) is 9.45. The summed E-state index contributed by atoms with van der Waals surface area (Å²) in [5.41, 5.74) is 1.99. The molecule has 1 N–H and O–H groups in total. The molecule has 2 heterocycles. The quantitative estimate of drug-likeness (QED) is 0.865. The van der Waals surface area contributed by atoms with Crippen molar-refractivity contribution in [2.75, 3.05) is 6.54 Å². The Labute approximate surface area is 143 Å². The maximum Gasteiger partial charge on any atom is 0.254 e. The van der Waals surface area contributed by atoms with Crippen molar-refractivity contribution in [3.63, 3.8) is 0 Å². The Hall–Kier alpha value is -2.02. The van der Waals surface area contributed by atoms with E-state index in [4.69, 9.17) is 0 Å². The van der Waals surface area contributed by atoms with Crippen LogP contribution in [0.5, 0.6) is 0 Å². The summed E-state index contributed by atoms with van der Waals surface area (Å²) in [6.45, 7) is 0.768. The maximum atomic E-state index is 12.9. The Morgan fingerprint density at radius 3 is 3.04 bits per heavy atom. The number of carbonyl (C=O) groups excluding carboxylic acids is 1. The number of rotatable bonds is 4. The van der Waals surface area contributed by atoms with Crippen LogP contribution in [0, 0.1) is 17.8 Å². The molecule has 6 nitrogen and oxygen atoms in total. The van der Waals surface area contributed by atoms with Crippen molar-refractivity contribution < 1.29 is 4.79 Å². The standard InChI is InChI=1S/C17H19N5OS/c23-16(18-8-12-7-10-4-5-11(12)6-10)15-13-2-1-3-14(13)24-17(15)22-9-19-20-21-22/h4-5,9-12H,1-3,6-8H2,(H,18,23)/t10-,11-,12+/m1/s1. The molecule has 1 fully saturated rings. The van der Waals surface area contributed by atoms with Crippen LogP contribution in [0.25, 0.3) is 5.00 Å². The van der Waals surface area contributed by atoms with Gasteiger partial charge in [-0.15, -0.1) is 16.4 Å². The van der Waals surface area contributed by atoms with Crippen LogP contribution >= 0.6 is 11.3 Å². The molecule has 2 aromatic rings. The third-order valence-electron chi connectivity index (χ3n) is 5.63. The number of nitrogens with one attached hydrogen (secondary N) is 1. The molecule has 0 spiro atoms. The van der Waals surface area contributed by atoms with Crippen molar-refractivity contribution in [1.82, 2.24) is 25.5 Å². The lowest BCUT2D eigenvalue weighted by molar-refractivity contribution is 0.0944. The van der Waals surface area contributed by atoms with Gasteiger partial charge < -0.3 is 5.32 Å². The summed E-state index contributed by atoms with van der Waals surface area (Å²) in [4.78, 5) is 14.3. The lowest BCUT2D eigenvalue weighted by Gasteiger charge is -2.18. The Balaban J connectivity index is 1.39. The highest BCUT2D eigenvalue weighted by Gasteiger charge is 2.36. The molecule has 0 radical (unpaired) electrons. The van der Waals surface area contributed by atoms with E-state index in [1.54, 1.807) is 22.3 Å². The second-order valence-corrected chi connectivity index (χ2v) is 8.13.